The van der Waals surface area contributed by atoms with Crippen LogP contribution < -0.4 is 0 Å². The van der Waals surface area contributed by atoms with Gasteiger partial charge in [0, 0.05) is 49.5 Å². The van der Waals surface area contributed by atoms with Gasteiger partial charge in [0.25, 0.3) is 0 Å². The Morgan fingerprint density at radius 2 is 1.91 bits per heavy atom. The smallest absolute Gasteiger partial charge is 0.302 e. The molecule has 2 N–H and O–H groups in total. The first-order chi connectivity index (χ1) is 16.0. The molecule has 0 unspecified atom stereocenters. The molecule has 6 fully saturated rings. The molecular formula is C25H36O9. The Balaban J connectivity index is 1.68. The van der Waals surface area contributed by atoms with Crippen molar-refractivity contribution in [2.75, 3.05) is 26.9 Å². The van der Waals surface area contributed by atoms with E-state index in [4.69, 9.17) is 18.9 Å². The van der Waals surface area contributed by atoms with E-state index in [-0.39, 0.29) is 31.5 Å². The summed E-state index contributed by atoms with van der Waals surface area (Å²) in [4.78, 5) is 38.0. The number of methoxy groups -OCH3 is 1. The Labute approximate surface area is 199 Å². The maximum Gasteiger partial charge on any atom is 0.302 e. The van der Waals surface area contributed by atoms with E-state index in [0.29, 0.717) is 25.7 Å². The van der Waals surface area contributed by atoms with Gasteiger partial charge in [-0.2, -0.15) is 0 Å². The zero-order valence-corrected chi connectivity index (χ0v) is 20.4. The number of fused-ring (bicyclic) bond motifs is 2. The van der Waals surface area contributed by atoms with Crippen molar-refractivity contribution in [3.63, 3.8) is 0 Å². The van der Waals surface area contributed by atoms with E-state index in [2.05, 4.69) is 0 Å². The van der Waals surface area contributed by atoms with Gasteiger partial charge in [0.05, 0.1) is 25.2 Å². The molecule has 0 aromatic heterocycles. The van der Waals surface area contributed by atoms with Gasteiger partial charge in [-0.25, -0.2) is 0 Å². The molecule has 4 bridgehead atoms. The molecule has 2 heterocycles. The molecule has 4 aliphatic carbocycles. The first-order valence-electron chi connectivity index (χ1n) is 12.3. The molecule has 2 spiro atoms. The summed E-state index contributed by atoms with van der Waals surface area (Å²) in [6.45, 7) is 5.14. The number of carbonyl (C=O) groups is 3. The van der Waals surface area contributed by atoms with E-state index in [9.17, 15) is 24.6 Å². The fraction of sp³-hybridized carbons (Fsp3) is 0.880. The van der Waals surface area contributed by atoms with E-state index in [1.54, 1.807) is 0 Å². The Kier molecular flexibility index (Phi) is 5.49. The molecule has 190 valence electrons. The van der Waals surface area contributed by atoms with Crippen LogP contribution in [-0.4, -0.2) is 72.9 Å². The van der Waals surface area contributed by atoms with E-state index >= 15 is 0 Å². The third kappa shape index (κ3) is 2.84. The van der Waals surface area contributed by atoms with Crippen molar-refractivity contribution in [2.24, 2.45) is 39.9 Å². The first kappa shape index (κ1) is 24.2. The number of aliphatic hydroxyl groups is 2. The molecule has 0 radical (unpaired) electrons. The average molecular weight is 481 g/mol. The lowest BCUT2D eigenvalue weighted by atomic mass is 9.36. The van der Waals surface area contributed by atoms with Gasteiger partial charge in [-0.15, -0.1) is 0 Å². The lowest BCUT2D eigenvalue weighted by Crippen LogP contribution is -2.83. The summed E-state index contributed by atoms with van der Waals surface area (Å²) in [5.74, 6) is -4.71. The largest absolute Gasteiger partial charge is 0.465 e. The quantitative estimate of drug-likeness (QED) is 0.558. The van der Waals surface area contributed by atoms with Gasteiger partial charge in [0.2, 0.25) is 5.79 Å². The second-order valence-corrected chi connectivity index (χ2v) is 11.7. The Morgan fingerprint density at radius 3 is 2.56 bits per heavy atom. The summed E-state index contributed by atoms with van der Waals surface area (Å²) in [5.41, 5.74) is -2.72. The summed E-state index contributed by atoms with van der Waals surface area (Å²) in [7, 11) is 1.54. The monoisotopic (exact) mass is 480 g/mol. The van der Waals surface area contributed by atoms with Crippen LogP contribution >= 0.6 is 0 Å². The topological polar surface area (TPSA) is 129 Å². The maximum atomic E-state index is 14.1. The van der Waals surface area contributed by atoms with Crippen LogP contribution in [0.3, 0.4) is 0 Å². The molecule has 10 atom stereocenters. The minimum atomic E-state index is -2.12. The summed E-state index contributed by atoms with van der Waals surface area (Å²) in [6.07, 6.45) is 1.08. The van der Waals surface area contributed by atoms with Crippen LogP contribution in [0.4, 0.5) is 0 Å². The van der Waals surface area contributed by atoms with Gasteiger partial charge in [-0.1, -0.05) is 13.3 Å². The molecule has 0 amide bonds. The zero-order chi connectivity index (χ0) is 24.7. The minimum absolute atomic E-state index is 0.0999. The molecule has 6 aliphatic rings. The standard InChI is InChI=1S/C25H36O9/c1-13(26)32-11-22(3)6-5-7-23-12-33-25(30,21(29)19(22)23)24-9-15(16(10-31-4)20(24)28)8-17(18(23)24)34-14(2)27/h15-19,21,29-30H,5-12H2,1-4H3/t15-,16+,17+,18-,19+,21-,22-,23+,24-,25+/m0/s1. The number of hydrogen-bond donors (Lipinski definition) is 2. The van der Waals surface area contributed by atoms with E-state index in [0.717, 1.165) is 6.42 Å². The van der Waals surface area contributed by atoms with Crippen LogP contribution in [0, 0.1) is 39.9 Å². The van der Waals surface area contributed by atoms with Crippen LogP contribution in [0.15, 0.2) is 0 Å². The van der Waals surface area contributed by atoms with Gasteiger partial charge in [-0.05, 0) is 31.6 Å². The van der Waals surface area contributed by atoms with E-state index in [1.807, 2.05) is 6.92 Å². The molecular weight excluding hydrogens is 444 g/mol. The van der Waals surface area contributed by atoms with E-state index < -0.39 is 63.9 Å². The van der Waals surface area contributed by atoms with Gasteiger partial charge < -0.3 is 29.2 Å². The Morgan fingerprint density at radius 1 is 1.18 bits per heavy atom. The number of rotatable bonds is 5. The third-order valence-corrected chi connectivity index (χ3v) is 9.93. The van der Waals surface area contributed by atoms with Crippen molar-refractivity contribution >= 4 is 17.7 Å². The second-order valence-electron chi connectivity index (χ2n) is 11.7. The van der Waals surface area contributed by atoms with Crippen LogP contribution in [-0.2, 0) is 33.3 Å². The zero-order valence-electron chi connectivity index (χ0n) is 20.4. The van der Waals surface area contributed by atoms with Crippen LogP contribution in [0.25, 0.3) is 0 Å². The summed E-state index contributed by atoms with van der Waals surface area (Å²) in [5, 5.41) is 23.9. The number of carbonyl (C=O) groups excluding carboxylic acids is 3. The lowest BCUT2D eigenvalue weighted by molar-refractivity contribution is -0.446. The predicted molar refractivity (Wildman–Crippen MR) is 116 cm³/mol. The van der Waals surface area contributed by atoms with Crippen molar-refractivity contribution in [3.8, 4) is 0 Å². The highest BCUT2D eigenvalue weighted by Crippen LogP contribution is 2.77. The van der Waals surface area contributed by atoms with Gasteiger partial charge in [-0.3, -0.25) is 14.4 Å². The van der Waals surface area contributed by atoms with E-state index in [1.165, 1.54) is 21.0 Å². The minimum Gasteiger partial charge on any atom is -0.465 e. The summed E-state index contributed by atoms with van der Waals surface area (Å²) < 4.78 is 22.8. The predicted octanol–water partition coefficient (Wildman–Crippen LogP) is 1.23. The highest BCUT2D eigenvalue weighted by molar-refractivity contribution is 5.92. The summed E-state index contributed by atoms with van der Waals surface area (Å²) >= 11 is 0. The third-order valence-electron chi connectivity index (χ3n) is 9.93. The van der Waals surface area contributed by atoms with Crippen molar-refractivity contribution in [1.29, 1.82) is 0 Å². The number of ketones is 1. The first-order valence-corrected chi connectivity index (χ1v) is 12.3. The molecule has 9 heteroatoms. The number of esters is 2. The number of Topliss-reactive ketones (excluding diaryl/α,β-unsaturated/α-hetero) is 1. The SMILES string of the molecule is COC[C@H]1C(=O)[C@]23C[C@@H]1C[C@@H](OC(C)=O)[C@H]2[C@]12CCC[C@@](C)(COC(C)=O)[C@H]1[C@H](O)[C@@]3(O)OC2. The van der Waals surface area contributed by atoms with Crippen LogP contribution in [0.1, 0.15) is 52.9 Å². The average Bonchev–Trinajstić information content (AvgIpc) is 2.96. The molecule has 0 aromatic carbocycles. The summed E-state index contributed by atoms with van der Waals surface area (Å²) in [6, 6.07) is 0. The van der Waals surface area contributed by atoms with Crippen molar-refractivity contribution in [1.82, 2.24) is 0 Å². The van der Waals surface area contributed by atoms with Crippen LogP contribution in [0.5, 0.6) is 0 Å². The molecule has 6 rings (SSSR count). The molecule has 34 heavy (non-hydrogen) atoms. The lowest BCUT2D eigenvalue weighted by Gasteiger charge is -2.74. The second kappa shape index (κ2) is 7.72. The number of hydrogen-bond acceptors (Lipinski definition) is 9. The fourth-order valence-corrected chi connectivity index (χ4v) is 9.11. The highest BCUT2D eigenvalue weighted by Gasteiger charge is 2.85. The van der Waals surface area contributed by atoms with Crippen molar-refractivity contribution in [3.05, 3.63) is 0 Å². The van der Waals surface area contributed by atoms with Gasteiger partial charge >= 0.3 is 11.9 Å². The molecule has 0 aromatic rings. The number of aliphatic hydroxyl groups excluding tert-OH is 1. The van der Waals surface area contributed by atoms with Crippen LogP contribution in [0.2, 0.25) is 0 Å². The normalized spacial score (nSPS) is 50.9. The molecule has 9 nitrogen and oxygen atoms in total. The Bertz CT molecular complexity index is 905. The van der Waals surface area contributed by atoms with Crippen molar-refractivity contribution in [2.45, 2.75) is 70.9 Å². The maximum absolute atomic E-state index is 14.1. The number of ether oxygens (including phenoxy) is 4. The fourth-order valence-electron chi connectivity index (χ4n) is 9.11. The van der Waals surface area contributed by atoms with Gasteiger partial charge in [0.15, 0.2) is 5.78 Å². The molecule has 4 saturated carbocycles. The molecule has 2 saturated heterocycles. The Hall–Kier alpha value is -1.55. The van der Waals surface area contributed by atoms with Gasteiger partial charge in [0.1, 0.15) is 12.2 Å². The molecule has 2 aliphatic heterocycles. The highest BCUT2D eigenvalue weighted by atomic mass is 16.6. The van der Waals surface area contributed by atoms with Crippen molar-refractivity contribution < 1.29 is 43.5 Å².